The van der Waals surface area contributed by atoms with E-state index in [0.29, 0.717) is 0 Å². The molecule has 0 aliphatic heterocycles. The predicted molar refractivity (Wildman–Crippen MR) is 64.8 cm³/mol. The van der Waals surface area contributed by atoms with E-state index in [1.165, 1.54) is 18.2 Å². The van der Waals surface area contributed by atoms with E-state index in [2.05, 4.69) is 4.74 Å². The van der Waals surface area contributed by atoms with Crippen molar-refractivity contribution in [1.82, 2.24) is 0 Å². The molecule has 0 heterocycles. The molecule has 0 N–H and O–H groups in total. The van der Waals surface area contributed by atoms with Crippen LogP contribution in [0.3, 0.4) is 0 Å². The highest BCUT2D eigenvalue weighted by molar-refractivity contribution is 7.94. The molecular formula is C10H8Cl2O4S. The van der Waals surface area contributed by atoms with Gasteiger partial charge in [-0.15, -0.1) is 0 Å². The summed E-state index contributed by atoms with van der Waals surface area (Å²) in [5.41, 5.74) is 0. The van der Waals surface area contributed by atoms with Gasteiger partial charge >= 0.3 is 5.97 Å². The summed E-state index contributed by atoms with van der Waals surface area (Å²) in [6, 6.07) is 4.04. The number of halogens is 2. The highest BCUT2D eigenvalue weighted by Gasteiger charge is 2.15. The first kappa shape index (κ1) is 14.0. The van der Waals surface area contributed by atoms with Crippen LogP contribution in [-0.2, 0) is 19.4 Å². The number of sulfone groups is 1. The summed E-state index contributed by atoms with van der Waals surface area (Å²) in [6.45, 7) is 0. The monoisotopic (exact) mass is 294 g/mol. The fourth-order valence-electron chi connectivity index (χ4n) is 0.982. The van der Waals surface area contributed by atoms with Crippen LogP contribution in [0.25, 0.3) is 0 Å². The molecular weight excluding hydrogens is 287 g/mol. The molecule has 0 spiro atoms. The predicted octanol–water partition coefficient (Wildman–Crippen LogP) is 2.45. The molecule has 1 rings (SSSR count). The lowest BCUT2D eigenvalue weighted by atomic mass is 10.4. The fraction of sp³-hybridized carbons (Fsp3) is 0.100. The smallest absolute Gasteiger partial charge is 0.331 e. The number of hydrogen-bond acceptors (Lipinski definition) is 4. The van der Waals surface area contributed by atoms with Crippen LogP contribution < -0.4 is 0 Å². The number of benzene rings is 1. The highest BCUT2D eigenvalue weighted by Crippen LogP contribution is 2.26. The maximum absolute atomic E-state index is 11.8. The van der Waals surface area contributed by atoms with Crippen molar-refractivity contribution in [3.63, 3.8) is 0 Å². The van der Waals surface area contributed by atoms with E-state index in [9.17, 15) is 13.2 Å². The van der Waals surface area contributed by atoms with Gasteiger partial charge in [-0.05, 0) is 18.2 Å². The Balaban J connectivity index is 3.18. The topological polar surface area (TPSA) is 60.4 Å². The molecule has 4 nitrogen and oxygen atoms in total. The van der Waals surface area contributed by atoms with Gasteiger partial charge in [0.05, 0.1) is 17.0 Å². The molecule has 92 valence electrons. The van der Waals surface area contributed by atoms with E-state index in [-0.39, 0.29) is 14.9 Å². The van der Waals surface area contributed by atoms with Crippen molar-refractivity contribution in [2.24, 2.45) is 0 Å². The van der Waals surface area contributed by atoms with Gasteiger partial charge in [0, 0.05) is 16.5 Å². The van der Waals surface area contributed by atoms with Crippen molar-refractivity contribution in [2.45, 2.75) is 4.90 Å². The van der Waals surface area contributed by atoms with Crippen molar-refractivity contribution in [1.29, 1.82) is 0 Å². The number of ether oxygens (including phenoxy) is 1. The lowest BCUT2D eigenvalue weighted by Crippen LogP contribution is -2.00. The molecule has 1 aromatic carbocycles. The number of methoxy groups -OCH3 is 1. The van der Waals surface area contributed by atoms with E-state index < -0.39 is 15.8 Å². The number of carbonyl (C=O) groups excluding carboxylic acids is 1. The first-order valence-electron chi connectivity index (χ1n) is 4.33. The Labute approximate surface area is 109 Å². The molecule has 0 fully saturated rings. The first-order chi connectivity index (χ1) is 7.86. The normalized spacial score (nSPS) is 11.7. The summed E-state index contributed by atoms with van der Waals surface area (Å²) >= 11 is 11.4. The van der Waals surface area contributed by atoms with Crippen LogP contribution in [0, 0.1) is 0 Å². The van der Waals surface area contributed by atoms with Gasteiger partial charge in [0.1, 0.15) is 0 Å². The second kappa shape index (κ2) is 5.53. The van der Waals surface area contributed by atoms with Gasteiger partial charge in [-0.1, -0.05) is 23.2 Å². The summed E-state index contributed by atoms with van der Waals surface area (Å²) in [6.07, 6.45) is 0.798. The van der Waals surface area contributed by atoms with Crippen LogP contribution in [0.2, 0.25) is 10.0 Å². The molecule has 1 aromatic rings. The Kier molecular flexibility index (Phi) is 4.56. The van der Waals surface area contributed by atoms with E-state index in [0.717, 1.165) is 18.6 Å². The van der Waals surface area contributed by atoms with E-state index >= 15 is 0 Å². The third kappa shape index (κ3) is 3.73. The van der Waals surface area contributed by atoms with Crippen molar-refractivity contribution in [3.8, 4) is 0 Å². The van der Waals surface area contributed by atoms with Crippen LogP contribution in [0.15, 0.2) is 34.6 Å². The van der Waals surface area contributed by atoms with Crippen LogP contribution in [-0.4, -0.2) is 21.5 Å². The summed E-state index contributed by atoms with van der Waals surface area (Å²) < 4.78 is 27.9. The third-order valence-electron chi connectivity index (χ3n) is 1.78. The minimum absolute atomic E-state index is 0.0314. The molecule has 0 unspecified atom stereocenters. The van der Waals surface area contributed by atoms with Crippen LogP contribution in [0.1, 0.15) is 0 Å². The van der Waals surface area contributed by atoms with Gasteiger partial charge in [0.25, 0.3) is 0 Å². The van der Waals surface area contributed by atoms with Crippen molar-refractivity contribution < 1.29 is 17.9 Å². The molecule has 0 bridgehead atoms. The van der Waals surface area contributed by atoms with Crippen LogP contribution in [0.5, 0.6) is 0 Å². The molecule has 0 saturated heterocycles. The van der Waals surface area contributed by atoms with Gasteiger partial charge in [-0.25, -0.2) is 13.2 Å². The average molecular weight is 295 g/mol. The maximum Gasteiger partial charge on any atom is 0.331 e. The molecule has 0 saturated carbocycles. The van der Waals surface area contributed by atoms with Gasteiger partial charge in [-0.2, -0.15) is 0 Å². The van der Waals surface area contributed by atoms with Crippen LogP contribution in [0.4, 0.5) is 0 Å². The molecule has 0 amide bonds. The summed E-state index contributed by atoms with van der Waals surface area (Å²) in [7, 11) is -2.67. The van der Waals surface area contributed by atoms with Crippen LogP contribution >= 0.6 is 23.2 Å². The zero-order valence-corrected chi connectivity index (χ0v) is 11.0. The molecule has 0 aliphatic carbocycles. The standard InChI is InChI=1S/C10H8Cl2O4S/c1-16-10(13)4-5-17(14,15)9-6-7(11)2-3-8(9)12/h2-6H,1H3/b5-4+. The third-order valence-corrected chi connectivity index (χ3v) is 3.91. The SMILES string of the molecule is COC(=O)/C=C/S(=O)(=O)c1cc(Cl)ccc1Cl. The Bertz CT molecular complexity index is 564. The lowest BCUT2D eigenvalue weighted by Gasteiger charge is -2.02. The zero-order chi connectivity index (χ0) is 13.1. The quantitative estimate of drug-likeness (QED) is 0.635. The number of esters is 1. The van der Waals surface area contributed by atoms with E-state index in [4.69, 9.17) is 23.2 Å². The van der Waals surface area contributed by atoms with Gasteiger partial charge in [0.15, 0.2) is 0 Å². The second-order valence-electron chi connectivity index (χ2n) is 2.95. The molecule has 0 radical (unpaired) electrons. The van der Waals surface area contributed by atoms with E-state index in [1.807, 2.05) is 0 Å². The number of rotatable bonds is 3. The summed E-state index contributed by atoms with van der Waals surface area (Å²) in [5, 5.41) is 0.986. The highest BCUT2D eigenvalue weighted by atomic mass is 35.5. The fourth-order valence-corrected chi connectivity index (χ4v) is 2.73. The Hall–Kier alpha value is -1.04. The molecule has 0 aromatic heterocycles. The van der Waals surface area contributed by atoms with Gasteiger partial charge < -0.3 is 4.74 Å². The maximum atomic E-state index is 11.8. The minimum atomic E-state index is -3.82. The molecule has 7 heteroatoms. The Morgan fingerprint density at radius 2 is 2.00 bits per heavy atom. The van der Waals surface area contributed by atoms with Crippen molar-refractivity contribution in [3.05, 3.63) is 39.7 Å². The number of hydrogen-bond donors (Lipinski definition) is 0. The van der Waals surface area contributed by atoms with E-state index in [1.54, 1.807) is 0 Å². The largest absolute Gasteiger partial charge is 0.466 e. The number of carbonyl (C=O) groups is 1. The Morgan fingerprint density at radius 1 is 1.35 bits per heavy atom. The second-order valence-corrected chi connectivity index (χ2v) is 5.59. The molecule has 0 aliphatic rings. The summed E-state index contributed by atoms with van der Waals surface area (Å²) in [5.74, 6) is -0.772. The van der Waals surface area contributed by atoms with Gasteiger partial charge in [-0.3, -0.25) is 0 Å². The molecule has 17 heavy (non-hydrogen) atoms. The lowest BCUT2D eigenvalue weighted by molar-refractivity contribution is -0.134. The molecule has 0 atom stereocenters. The van der Waals surface area contributed by atoms with Crippen molar-refractivity contribution in [2.75, 3.05) is 7.11 Å². The average Bonchev–Trinajstić information content (AvgIpc) is 2.29. The minimum Gasteiger partial charge on any atom is -0.466 e. The summed E-state index contributed by atoms with van der Waals surface area (Å²) in [4.78, 5) is 10.6. The first-order valence-corrected chi connectivity index (χ1v) is 6.63. The zero-order valence-electron chi connectivity index (χ0n) is 8.68. The Morgan fingerprint density at radius 3 is 2.59 bits per heavy atom. The van der Waals surface area contributed by atoms with Crippen molar-refractivity contribution >= 4 is 39.0 Å². The van der Waals surface area contributed by atoms with Gasteiger partial charge in [0.2, 0.25) is 9.84 Å².